The van der Waals surface area contributed by atoms with Crippen molar-refractivity contribution in [3.05, 3.63) is 46.7 Å². The first-order chi connectivity index (χ1) is 7.78. The fraction of sp³-hybridized carbons (Fsp3) is 0.273. The van der Waals surface area contributed by atoms with Gasteiger partial charge in [0, 0.05) is 17.6 Å². The highest BCUT2D eigenvalue weighted by Gasteiger charge is 2.01. The van der Waals surface area contributed by atoms with Crippen LogP contribution in [0.4, 0.5) is 4.39 Å². The first-order valence-electron chi connectivity index (χ1n) is 4.97. The third-order valence-corrected chi connectivity index (χ3v) is 2.41. The van der Waals surface area contributed by atoms with Gasteiger partial charge < -0.3 is 0 Å². The number of aromatic nitrogens is 3. The lowest BCUT2D eigenvalue weighted by Gasteiger charge is -2.00. The molecular weight excluding hydrogens is 229 g/mol. The van der Waals surface area contributed by atoms with Gasteiger partial charge in [-0.2, -0.15) is 0 Å². The fourth-order valence-electron chi connectivity index (χ4n) is 1.45. The van der Waals surface area contributed by atoms with E-state index in [4.69, 9.17) is 11.6 Å². The second kappa shape index (κ2) is 5.07. The average Bonchev–Trinajstić information content (AvgIpc) is 2.66. The smallest absolute Gasteiger partial charge is 0.0951 e. The van der Waals surface area contributed by atoms with Crippen molar-refractivity contribution in [1.82, 2.24) is 15.0 Å². The summed E-state index contributed by atoms with van der Waals surface area (Å²) in [7, 11) is 0. The Balaban J connectivity index is 2.08. The van der Waals surface area contributed by atoms with Crippen LogP contribution in [0.1, 0.15) is 11.3 Å². The summed E-state index contributed by atoms with van der Waals surface area (Å²) >= 11 is 5.87. The predicted octanol–water partition coefficient (Wildman–Crippen LogP) is 2.49. The molecule has 0 saturated carbocycles. The summed E-state index contributed by atoms with van der Waals surface area (Å²) in [6.45, 7) is 0.190. The number of halogens is 2. The number of hydrogen-bond donors (Lipinski definition) is 0. The zero-order valence-corrected chi connectivity index (χ0v) is 9.36. The molecule has 0 N–H and O–H groups in total. The van der Waals surface area contributed by atoms with E-state index in [1.54, 1.807) is 10.9 Å². The Morgan fingerprint density at radius 3 is 3.00 bits per heavy atom. The van der Waals surface area contributed by atoms with Gasteiger partial charge in [0.05, 0.1) is 18.9 Å². The van der Waals surface area contributed by atoms with Gasteiger partial charge >= 0.3 is 0 Å². The largest absolute Gasteiger partial charge is 0.251 e. The van der Waals surface area contributed by atoms with Gasteiger partial charge in [-0.1, -0.05) is 28.9 Å². The van der Waals surface area contributed by atoms with Gasteiger partial charge in [-0.3, -0.25) is 4.39 Å². The molecule has 0 amide bonds. The van der Waals surface area contributed by atoms with Gasteiger partial charge in [-0.25, -0.2) is 4.68 Å². The van der Waals surface area contributed by atoms with Gasteiger partial charge in [-0.05, 0) is 17.7 Å². The van der Waals surface area contributed by atoms with Crippen LogP contribution in [0.2, 0.25) is 5.02 Å². The van der Waals surface area contributed by atoms with Crippen LogP contribution in [0.5, 0.6) is 0 Å². The van der Waals surface area contributed by atoms with Crippen LogP contribution in [0.15, 0.2) is 30.5 Å². The molecule has 1 aromatic carbocycles. The molecule has 0 unspecified atom stereocenters. The van der Waals surface area contributed by atoms with Gasteiger partial charge in [0.15, 0.2) is 0 Å². The lowest BCUT2D eigenvalue weighted by atomic mass is 10.2. The quantitative estimate of drug-likeness (QED) is 0.821. The fourth-order valence-corrected chi connectivity index (χ4v) is 1.66. The van der Waals surface area contributed by atoms with Crippen LogP contribution in [0, 0.1) is 0 Å². The van der Waals surface area contributed by atoms with Crippen LogP contribution < -0.4 is 0 Å². The normalized spacial score (nSPS) is 10.6. The van der Waals surface area contributed by atoms with E-state index in [1.807, 2.05) is 24.3 Å². The van der Waals surface area contributed by atoms with Crippen molar-refractivity contribution >= 4 is 11.6 Å². The molecule has 3 nitrogen and oxygen atoms in total. The first kappa shape index (κ1) is 11.1. The Hall–Kier alpha value is -1.42. The van der Waals surface area contributed by atoms with Crippen molar-refractivity contribution in [2.45, 2.75) is 13.0 Å². The van der Waals surface area contributed by atoms with E-state index >= 15 is 0 Å². The molecule has 5 heteroatoms. The third-order valence-electron chi connectivity index (χ3n) is 2.17. The number of hydrogen-bond acceptors (Lipinski definition) is 2. The van der Waals surface area contributed by atoms with Crippen molar-refractivity contribution in [3.63, 3.8) is 0 Å². The number of nitrogens with zero attached hydrogens (tertiary/aromatic N) is 3. The highest BCUT2D eigenvalue weighted by Crippen LogP contribution is 2.11. The predicted molar refractivity (Wildman–Crippen MR) is 60.3 cm³/mol. The Labute approximate surface area is 97.8 Å². The molecule has 0 atom stereocenters. The molecule has 0 fully saturated rings. The van der Waals surface area contributed by atoms with Crippen LogP contribution >= 0.6 is 11.6 Å². The Kier molecular flexibility index (Phi) is 3.51. The van der Waals surface area contributed by atoms with Crippen molar-refractivity contribution in [2.24, 2.45) is 0 Å². The molecule has 0 aliphatic heterocycles. The van der Waals surface area contributed by atoms with Crippen LogP contribution in [0.25, 0.3) is 0 Å². The summed E-state index contributed by atoms with van der Waals surface area (Å²) in [6.07, 6.45) is 2.07. The molecule has 0 aliphatic rings. The number of alkyl halides is 1. The summed E-state index contributed by atoms with van der Waals surface area (Å²) < 4.78 is 13.8. The van der Waals surface area contributed by atoms with E-state index in [1.165, 1.54) is 0 Å². The van der Waals surface area contributed by atoms with E-state index in [9.17, 15) is 4.39 Å². The Morgan fingerprint density at radius 1 is 1.38 bits per heavy atom. The lowest BCUT2D eigenvalue weighted by Crippen LogP contribution is -2.00. The average molecular weight is 240 g/mol. The van der Waals surface area contributed by atoms with Gasteiger partial charge in [0.1, 0.15) is 0 Å². The van der Waals surface area contributed by atoms with Crippen LogP contribution in [0.3, 0.4) is 0 Å². The van der Waals surface area contributed by atoms with E-state index in [-0.39, 0.29) is 0 Å². The molecule has 16 heavy (non-hydrogen) atoms. The SMILES string of the molecule is FCCc1cn(Cc2cccc(Cl)c2)nn1. The third kappa shape index (κ3) is 2.79. The van der Waals surface area contributed by atoms with E-state index < -0.39 is 6.67 Å². The second-order valence-corrected chi connectivity index (χ2v) is 3.91. The maximum absolute atomic E-state index is 12.1. The van der Waals surface area contributed by atoms with E-state index in [2.05, 4.69) is 10.3 Å². The monoisotopic (exact) mass is 239 g/mol. The number of rotatable bonds is 4. The molecule has 0 aliphatic carbocycles. The molecular formula is C11H11ClFN3. The second-order valence-electron chi connectivity index (χ2n) is 3.48. The van der Waals surface area contributed by atoms with E-state index in [0.717, 1.165) is 5.56 Å². The van der Waals surface area contributed by atoms with E-state index in [0.29, 0.717) is 23.7 Å². The van der Waals surface area contributed by atoms with Gasteiger partial charge in [0.2, 0.25) is 0 Å². The zero-order valence-electron chi connectivity index (χ0n) is 8.61. The summed E-state index contributed by atoms with van der Waals surface area (Å²) in [5.41, 5.74) is 1.72. The van der Waals surface area contributed by atoms with Crippen molar-refractivity contribution in [1.29, 1.82) is 0 Å². The summed E-state index contributed by atoms with van der Waals surface area (Å²) in [5.74, 6) is 0. The van der Waals surface area contributed by atoms with Crippen molar-refractivity contribution in [3.8, 4) is 0 Å². The van der Waals surface area contributed by atoms with Gasteiger partial charge in [0.25, 0.3) is 0 Å². The molecule has 1 aromatic heterocycles. The molecule has 0 radical (unpaired) electrons. The highest BCUT2D eigenvalue weighted by molar-refractivity contribution is 6.30. The standard InChI is InChI=1S/C11H11ClFN3/c12-10-3-1-2-9(6-10)7-16-8-11(4-5-13)14-15-16/h1-3,6,8H,4-5,7H2. The van der Waals surface area contributed by atoms with Crippen LogP contribution in [-0.4, -0.2) is 21.7 Å². The molecule has 0 saturated heterocycles. The molecule has 2 rings (SSSR count). The molecule has 84 valence electrons. The lowest BCUT2D eigenvalue weighted by molar-refractivity contribution is 0.491. The van der Waals surface area contributed by atoms with Crippen molar-refractivity contribution in [2.75, 3.05) is 6.67 Å². The molecule has 1 heterocycles. The first-order valence-corrected chi connectivity index (χ1v) is 5.35. The molecule has 0 bridgehead atoms. The number of aryl methyl sites for hydroxylation is 1. The maximum atomic E-state index is 12.1. The van der Waals surface area contributed by atoms with Crippen LogP contribution in [-0.2, 0) is 13.0 Å². The molecule has 2 aromatic rings. The summed E-state index contributed by atoms with van der Waals surface area (Å²) in [4.78, 5) is 0. The van der Waals surface area contributed by atoms with Crippen molar-refractivity contribution < 1.29 is 4.39 Å². The summed E-state index contributed by atoms with van der Waals surface area (Å²) in [5, 5.41) is 8.48. The van der Waals surface area contributed by atoms with Gasteiger partial charge in [-0.15, -0.1) is 5.10 Å². The minimum absolute atomic E-state index is 0.315. The Morgan fingerprint density at radius 2 is 2.25 bits per heavy atom. The number of benzene rings is 1. The zero-order chi connectivity index (χ0) is 11.4. The maximum Gasteiger partial charge on any atom is 0.0951 e. The minimum Gasteiger partial charge on any atom is -0.251 e. The topological polar surface area (TPSA) is 30.7 Å². The highest BCUT2D eigenvalue weighted by atomic mass is 35.5. The minimum atomic E-state index is -0.407. The molecule has 0 spiro atoms. The summed E-state index contributed by atoms with van der Waals surface area (Å²) in [6, 6.07) is 7.54. The Bertz CT molecular complexity index is 470.